The van der Waals surface area contributed by atoms with Crippen LogP contribution in [0.4, 0.5) is 13.2 Å². The molecule has 3 aromatic rings. The average molecular weight is 503 g/mol. The number of benzene rings is 1. The van der Waals surface area contributed by atoms with Gasteiger partial charge in [-0.05, 0) is 29.8 Å². The number of hydrogen-bond acceptors (Lipinski definition) is 2. The van der Waals surface area contributed by atoms with Gasteiger partial charge >= 0.3 is 6.18 Å². The molecule has 5 nitrogen and oxygen atoms in total. The van der Waals surface area contributed by atoms with Crippen LogP contribution < -0.4 is 10.6 Å². The fourth-order valence-electron chi connectivity index (χ4n) is 2.63. The monoisotopic (exact) mass is 503 g/mol. The zero-order valence-corrected chi connectivity index (χ0v) is 17.5. The van der Waals surface area contributed by atoms with Crippen LogP contribution in [-0.2, 0) is 19.1 Å². The van der Waals surface area contributed by atoms with Crippen LogP contribution in [-0.4, -0.2) is 28.9 Å². The van der Waals surface area contributed by atoms with E-state index in [9.17, 15) is 13.2 Å². The van der Waals surface area contributed by atoms with Crippen molar-refractivity contribution in [3.8, 4) is 0 Å². The van der Waals surface area contributed by atoms with Gasteiger partial charge in [0.1, 0.15) is 5.65 Å². The van der Waals surface area contributed by atoms with Crippen molar-refractivity contribution in [3.05, 3.63) is 71.7 Å². The van der Waals surface area contributed by atoms with Crippen LogP contribution in [0.25, 0.3) is 5.65 Å². The fraction of sp³-hybridized carbons (Fsp3) is 0.263. The van der Waals surface area contributed by atoms with Gasteiger partial charge in [0.05, 0.1) is 11.3 Å². The van der Waals surface area contributed by atoms with Crippen LogP contribution in [0.5, 0.6) is 0 Å². The van der Waals surface area contributed by atoms with Crippen LogP contribution in [0.15, 0.2) is 59.9 Å². The number of nitrogens with one attached hydrogen (secondary N) is 2. The smallest absolute Gasteiger partial charge is 0.356 e. The van der Waals surface area contributed by atoms with Crippen LogP contribution in [0.3, 0.4) is 0 Å². The van der Waals surface area contributed by atoms with Crippen molar-refractivity contribution >= 4 is 35.6 Å². The summed E-state index contributed by atoms with van der Waals surface area (Å²) in [6, 6.07) is 10.9. The van der Waals surface area contributed by atoms with Gasteiger partial charge in [0.2, 0.25) is 0 Å². The van der Waals surface area contributed by atoms with Gasteiger partial charge < -0.3 is 15.0 Å². The highest BCUT2D eigenvalue weighted by Gasteiger charge is 2.29. The number of aliphatic imine (C=N–C) groups is 1. The van der Waals surface area contributed by atoms with E-state index in [1.807, 2.05) is 35.0 Å². The number of aromatic nitrogens is 2. The molecule has 0 unspecified atom stereocenters. The molecule has 28 heavy (non-hydrogen) atoms. The van der Waals surface area contributed by atoms with Gasteiger partial charge in [0.15, 0.2) is 5.96 Å². The Morgan fingerprint density at radius 3 is 2.50 bits per heavy atom. The number of alkyl halides is 3. The number of fused-ring (bicyclic) bond motifs is 1. The van der Waals surface area contributed by atoms with E-state index in [0.29, 0.717) is 19.0 Å². The van der Waals surface area contributed by atoms with E-state index in [1.54, 1.807) is 7.05 Å². The largest absolute Gasteiger partial charge is 0.416 e. The van der Waals surface area contributed by atoms with Crippen molar-refractivity contribution in [2.45, 2.75) is 19.1 Å². The Balaban J connectivity index is 0.00000280. The van der Waals surface area contributed by atoms with Crippen molar-refractivity contribution < 1.29 is 13.2 Å². The molecule has 0 spiro atoms. The number of guanidine groups is 1. The highest BCUT2D eigenvalue weighted by atomic mass is 127. The molecule has 2 heterocycles. The Hall–Kier alpha value is -2.30. The highest BCUT2D eigenvalue weighted by molar-refractivity contribution is 14.0. The average Bonchev–Trinajstić information content (AvgIpc) is 3.07. The summed E-state index contributed by atoms with van der Waals surface area (Å²) in [7, 11) is 1.65. The zero-order valence-electron chi connectivity index (χ0n) is 15.2. The summed E-state index contributed by atoms with van der Waals surface area (Å²) in [5.41, 5.74) is 1.96. The predicted octanol–water partition coefficient (Wildman–Crippen LogP) is 3.88. The summed E-state index contributed by atoms with van der Waals surface area (Å²) >= 11 is 0. The van der Waals surface area contributed by atoms with E-state index in [4.69, 9.17) is 0 Å². The Labute approximate surface area is 178 Å². The summed E-state index contributed by atoms with van der Waals surface area (Å²) in [5, 5.41) is 6.27. The van der Waals surface area contributed by atoms with Crippen molar-refractivity contribution in [2.75, 3.05) is 13.6 Å². The summed E-state index contributed by atoms with van der Waals surface area (Å²) in [6.07, 6.45) is 0.337. The zero-order chi connectivity index (χ0) is 19.3. The van der Waals surface area contributed by atoms with Crippen molar-refractivity contribution in [1.29, 1.82) is 0 Å². The molecule has 1 aromatic carbocycles. The maximum Gasteiger partial charge on any atom is 0.416 e. The van der Waals surface area contributed by atoms with Gasteiger partial charge in [0.25, 0.3) is 0 Å². The number of halogens is 4. The molecule has 2 N–H and O–H groups in total. The molecule has 0 atom stereocenters. The van der Waals surface area contributed by atoms with Crippen LogP contribution in [0, 0.1) is 0 Å². The maximum atomic E-state index is 12.6. The maximum absolute atomic E-state index is 12.6. The van der Waals surface area contributed by atoms with E-state index < -0.39 is 11.7 Å². The third kappa shape index (κ3) is 5.85. The molecule has 150 valence electrons. The molecule has 0 saturated carbocycles. The Bertz CT molecular complexity index is 886. The van der Waals surface area contributed by atoms with Gasteiger partial charge in [-0.25, -0.2) is 4.98 Å². The summed E-state index contributed by atoms with van der Waals surface area (Å²) in [5.74, 6) is 0.582. The second-order valence-electron chi connectivity index (χ2n) is 6.00. The normalized spacial score (nSPS) is 11.9. The Morgan fingerprint density at radius 1 is 1.11 bits per heavy atom. The van der Waals surface area contributed by atoms with Gasteiger partial charge in [-0.15, -0.1) is 24.0 Å². The van der Waals surface area contributed by atoms with Crippen LogP contribution >= 0.6 is 24.0 Å². The SMILES string of the molecule is CN=C(NCCc1cn2ccccc2n1)NCc1ccc(C(F)(F)F)cc1.I. The standard InChI is InChI=1S/C19H20F3N5.HI/c1-23-18(25-12-14-5-7-15(8-6-14)19(20,21)22)24-10-9-16-13-27-11-3-2-4-17(27)26-16;/h2-8,11,13H,9-10,12H2,1H3,(H2,23,24,25);1H. The van der Waals surface area contributed by atoms with Crippen molar-refractivity contribution in [1.82, 2.24) is 20.0 Å². The van der Waals surface area contributed by atoms with E-state index >= 15 is 0 Å². The quantitative estimate of drug-likeness (QED) is 0.316. The molecule has 0 saturated heterocycles. The number of imidazole rings is 1. The summed E-state index contributed by atoms with van der Waals surface area (Å²) in [6.45, 7) is 1.02. The summed E-state index contributed by atoms with van der Waals surface area (Å²) < 4.78 is 39.7. The van der Waals surface area contributed by atoms with E-state index in [0.717, 1.165) is 35.5 Å². The summed E-state index contributed by atoms with van der Waals surface area (Å²) in [4.78, 5) is 8.65. The lowest BCUT2D eigenvalue weighted by atomic mass is 10.1. The van der Waals surface area contributed by atoms with Crippen LogP contribution in [0.2, 0.25) is 0 Å². The number of rotatable bonds is 5. The molecule has 0 aliphatic rings. The molecule has 0 bridgehead atoms. The van der Waals surface area contributed by atoms with E-state index in [-0.39, 0.29) is 24.0 Å². The van der Waals surface area contributed by atoms with Gasteiger partial charge in [0, 0.05) is 39.0 Å². The first kappa shape index (κ1) is 22.0. The van der Waals surface area contributed by atoms with Gasteiger partial charge in [-0.3, -0.25) is 4.99 Å². The second kappa shape index (κ2) is 9.76. The molecular formula is C19H21F3IN5. The lowest BCUT2D eigenvalue weighted by Crippen LogP contribution is -2.37. The van der Waals surface area contributed by atoms with E-state index in [1.165, 1.54) is 12.1 Å². The Kier molecular flexibility index (Phi) is 7.67. The molecular weight excluding hydrogens is 482 g/mol. The minimum atomic E-state index is -4.32. The molecule has 0 amide bonds. The topological polar surface area (TPSA) is 53.7 Å². The number of nitrogens with zero attached hydrogens (tertiary/aromatic N) is 3. The molecule has 9 heteroatoms. The molecule has 3 rings (SSSR count). The first-order valence-electron chi connectivity index (χ1n) is 8.49. The van der Waals surface area contributed by atoms with Crippen molar-refractivity contribution in [2.24, 2.45) is 4.99 Å². The third-order valence-electron chi connectivity index (χ3n) is 4.05. The lowest BCUT2D eigenvalue weighted by molar-refractivity contribution is -0.137. The van der Waals surface area contributed by atoms with E-state index in [2.05, 4.69) is 20.6 Å². The third-order valence-corrected chi connectivity index (χ3v) is 4.05. The minimum absolute atomic E-state index is 0. The molecule has 0 aliphatic heterocycles. The first-order chi connectivity index (χ1) is 13.0. The van der Waals surface area contributed by atoms with Gasteiger partial charge in [-0.1, -0.05) is 18.2 Å². The van der Waals surface area contributed by atoms with Crippen molar-refractivity contribution in [3.63, 3.8) is 0 Å². The number of pyridine rings is 1. The molecule has 0 aliphatic carbocycles. The second-order valence-corrected chi connectivity index (χ2v) is 6.00. The first-order valence-corrected chi connectivity index (χ1v) is 8.49. The minimum Gasteiger partial charge on any atom is -0.356 e. The van der Waals surface area contributed by atoms with Crippen LogP contribution in [0.1, 0.15) is 16.8 Å². The Morgan fingerprint density at radius 2 is 1.86 bits per heavy atom. The fourth-order valence-corrected chi connectivity index (χ4v) is 2.63. The molecule has 2 aromatic heterocycles. The highest BCUT2D eigenvalue weighted by Crippen LogP contribution is 2.29. The lowest BCUT2D eigenvalue weighted by Gasteiger charge is -2.12. The molecule has 0 fully saturated rings. The van der Waals surface area contributed by atoms with Gasteiger partial charge in [-0.2, -0.15) is 13.2 Å². The predicted molar refractivity (Wildman–Crippen MR) is 114 cm³/mol. The molecule has 0 radical (unpaired) electrons. The number of hydrogen-bond donors (Lipinski definition) is 2.